The van der Waals surface area contributed by atoms with Crippen molar-refractivity contribution < 1.29 is 8.83 Å². The Morgan fingerprint density at radius 1 is 0.263 bits per heavy atom. The summed E-state index contributed by atoms with van der Waals surface area (Å²) in [7, 11) is 0. The zero-order chi connectivity index (χ0) is 88.3. The van der Waals surface area contributed by atoms with Gasteiger partial charge in [0, 0.05) is 44.2 Å². The van der Waals surface area contributed by atoms with E-state index < -0.39 is 27.1 Å². The highest BCUT2D eigenvalue weighted by atomic mass is 16.4. The van der Waals surface area contributed by atoms with Crippen molar-refractivity contribution in [1.29, 1.82) is 0 Å². The van der Waals surface area contributed by atoms with Gasteiger partial charge in [0.25, 0.3) is 0 Å². The third-order valence-corrected chi connectivity index (χ3v) is 31.2. The molecule has 0 aliphatic heterocycles. The van der Waals surface area contributed by atoms with Crippen molar-refractivity contribution in [3.05, 3.63) is 548 Å². The second-order valence-corrected chi connectivity index (χ2v) is 38.2. The summed E-state index contributed by atoms with van der Waals surface area (Å²) in [6, 6.07) is 163. The summed E-state index contributed by atoms with van der Waals surface area (Å²) < 4.78 is 14.9. The van der Waals surface area contributed by atoms with Crippen LogP contribution in [0, 0.1) is 0 Å². The molecule has 18 aromatic carbocycles. The number of para-hydroxylation sites is 3. The molecule has 3 spiro atoms. The van der Waals surface area contributed by atoms with Gasteiger partial charge in [-0.1, -0.05) is 373 Å². The molecule has 628 valence electrons. The van der Waals surface area contributed by atoms with Crippen LogP contribution in [0.5, 0.6) is 0 Å². The van der Waals surface area contributed by atoms with Crippen LogP contribution in [0.25, 0.3) is 129 Å². The summed E-state index contributed by atoms with van der Waals surface area (Å²) in [5.74, 6) is 2.71. The fourth-order valence-electron chi connectivity index (χ4n) is 25.9. The van der Waals surface area contributed by atoms with Crippen molar-refractivity contribution in [3.63, 3.8) is 0 Å². The van der Waals surface area contributed by atoms with Crippen molar-refractivity contribution in [2.75, 3.05) is 0 Å². The molecule has 21 aromatic rings. The Hall–Kier alpha value is -16.2. The van der Waals surface area contributed by atoms with Gasteiger partial charge in [-0.05, 0) is 276 Å². The summed E-state index contributed by atoms with van der Waals surface area (Å²) in [4.78, 5) is 5.69. The van der Waals surface area contributed by atoms with Crippen LogP contribution in [0.4, 0.5) is 0 Å². The van der Waals surface area contributed by atoms with Crippen LogP contribution in [-0.4, -0.2) is 19.7 Å². The first-order chi connectivity index (χ1) is 65.4. The molecular formula is C127H88N4O2. The van der Waals surface area contributed by atoms with Gasteiger partial charge in [0.05, 0.1) is 33.5 Å². The predicted octanol–water partition coefficient (Wildman–Crippen LogP) is 30.1. The summed E-state index contributed by atoms with van der Waals surface area (Å²) in [5.41, 5.74) is 44.0. The minimum absolute atomic E-state index is 0.275. The lowest BCUT2D eigenvalue weighted by molar-refractivity contribution is 0.514. The summed E-state index contributed by atoms with van der Waals surface area (Å²) in [5, 5.41) is 9.13. The molecule has 27 rings (SSSR count). The number of nitrogens with zero attached hydrogens (tertiary/aromatic N) is 4. The number of furan rings is 1. The molecular weight excluding hydrogens is 1610 g/mol. The lowest BCUT2D eigenvalue weighted by atomic mass is 9.53. The van der Waals surface area contributed by atoms with E-state index in [1.54, 1.807) is 6.26 Å². The minimum atomic E-state index is -0.689. The van der Waals surface area contributed by atoms with E-state index in [1.807, 2.05) is 36.4 Å². The molecule has 133 heavy (non-hydrogen) atoms. The molecule has 0 unspecified atom stereocenters. The second-order valence-electron chi connectivity index (χ2n) is 38.2. The Labute approximate surface area is 773 Å². The van der Waals surface area contributed by atoms with Gasteiger partial charge in [-0.3, -0.25) is 4.57 Å². The van der Waals surface area contributed by atoms with E-state index in [-0.39, 0.29) is 5.41 Å². The third-order valence-electron chi connectivity index (χ3n) is 31.2. The summed E-state index contributed by atoms with van der Waals surface area (Å²) in [6.45, 7) is 9.92. The molecule has 0 saturated heterocycles. The Morgan fingerprint density at radius 3 is 1.35 bits per heavy atom. The van der Waals surface area contributed by atoms with E-state index in [2.05, 4.69) is 437 Å². The number of imidazole rings is 1. The molecule has 6 aliphatic rings. The second kappa shape index (κ2) is 28.7. The normalized spacial score (nSPS) is 16.6. The van der Waals surface area contributed by atoms with Crippen LogP contribution in [-0.2, 0) is 45.3 Å². The Balaban J connectivity index is 0.615. The molecule has 3 heterocycles. The first kappa shape index (κ1) is 76.9. The molecule has 0 amide bonds. The van der Waals surface area contributed by atoms with Crippen molar-refractivity contribution in [2.24, 2.45) is 0 Å². The van der Waals surface area contributed by atoms with Crippen LogP contribution in [0.15, 0.2) is 446 Å². The van der Waals surface area contributed by atoms with E-state index in [0.717, 1.165) is 84.8 Å². The van der Waals surface area contributed by atoms with Crippen molar-refractivity contribution in [1.82, 2.24) is 19.7 Å². The first-order valence-corrected chi connectivity index (χ1v) is 46.6. The van der Waals surface area contributed by atoms with Crippen LogP contribution >= 0.6 is 0 Å². The standard InChI is InChI=1S/C127H88N4O2/c1-122(2)99-51-15-21-57-105(99)127(106-58-22-16-52-100(106)122)111-63-31-41-86(116(111)94-48-32-47-91(118(94)127)83-38-29-39-84(73-83)115-67-34-70-132-115)78-124(4)103-55-19-23-59-107(103)125(108-60-24-20-56-104(108)124)96-49-13-11-44-92(96)95-76-81(68-69-98(95)125)87-71-79(72-88(75-87)119-128-113-65-27-28-66-114(113)131(119)89-42-9-6-10-43-89)77-123(3)101-53-17-25-61-109(101)126(110-62-26-18-54-102(110)123)97-50-14-12-45-93(97)117-90(46-33-64-112(117)126)82-37-30-40-85(74-82)121-130-129-120(133-121)80-35-7-5-8-36-80/h5-76H,77-78H2,1-4H3. The molecule has 3 aromatic heterocycles. The maximum absolute atomic E-state index is 6.43. The number of hydrogen-bond donors (Lipinski definition) is 0. The van der Waals surface area contributed by atoms with Gasteiger partial charge in [0.1, 0.15) is 11.6 Å². The largest absolute Gasteiger partial charge is 0.464 e. The molecule has 6 nitrogen and oxygen atoms in total. The van der Waals surface area contributed by atoms with Crippen LogP contribution in [0.3, 0.4) is 0 Å². The number of hydrogen-bond acceptors (Lipinski definition) is 5. The molecule has 0 radical (unpaired) electrons. The predicted molar refractivity (Wildman–Crippen MR) is 536 cm³/mol. The summed E-state index contributed by atoms with van der Waals surface area (Å²) >= 11 is 0. The molecule has 6 heteroatoms. The highest BCUT2D eigenvalue weighted by Gasteiger charge is 2.59. The topological polar surface area (TPSA) is 69.9 Å². The van der Waals surface area contributed by atoms with Gasteiger partial charge >= 0.3 is 0 Å². The van der Waals surface area contributed by atoms with Gasteiger partial charge in [-0.2, -0.15) is 0 Å². The molecule has 0 bridgehead atoms. The van der Waals surface area contributed by atoms with Crippen molar-refractivity contribution >= 4 is 11.0 Å². The number of benzene rings is 18. The van der Waals surface area contributed by atoms with Gasteiger partial charge in [-0.25, -0.2) is 4.98 Å². The number of fused-ring (bicyclic) bond motifs is 28. The van der Waals surface area contributed by atoms with Crippen LogP contribution < -0.4 is 0 Å². The molecule has 0 fully saturated rings. The van der Waals surface area contributed by atoms with Gasteiger partial charge in [0.15, 0.2) is 0 Å². The highest BCUT2D eigenvalue weighted by molar-refractivity contribution is 6.00. The first-order valence-electron chi connectivity index (χ1n) is 46.6. The quantitative estimate of drug-likeness (QED) is 0.122. The average molecular weight is 1700 g/mol. The third kappa shape index (κ3) is 10.6. The zero-order valence-electron chi connectivity index (χ0n) is 74.1. The smallest absolute Gasteiger partial charge is 0.248 e. The monoisotopic (exact) mass is 1700 g/mol. The Kier molecular flexibility index (Phi) is 16.6. The lowest BCUT2D eigenvalue weighted by Gasteiger charge is -2.48. The fourth-order valence-corrected chi connectivity index (χ4v) is 25.9. The fraction of sp³-hybridized carbons (Fsp3) is 0.0945. The van der Waals surface area contributed by atoms with E-state index >= 15 is 0 Å². The molecule has 6 aliphatic carbocycles. The SMILES string of the molecule is CC1(C)c2ccccc2C2(c3ccccc31)c1cccc(CC3(C)c4ccccc4C4(c5ccccc5-c5cc(-c6cc(CC7(C)c8ccccc8C8(c9ccccc9-c9c(-c%10cccc(-c%11nnc(-c%12ccccc%12)o%11)c%10)cccc98)c8ccccc87)cc(-c7nc8ccccc8n7-c7ccccc7)c6)ccc54)c4ccccc43)c1-c1cccc(-c3cccc(-c4ccco4)c3)c12. The maximum Gasteiger partial charge on any atom is 0.248 e. The highest BCUT2D eigenvalue weighted by Crippen LogP contribution is 2.69. The zero-order valence-corrected chi connectivity index (χ0v) is 74.1. The van der Waals surface area contributed by atoms with E-state index in [1.165, 1.54) is 150 Å². The van der Waals surface area contributed by atoms with E-state index in [9.17, 15) is 0 Å². The molecule has 0 saturated carbocycles. The lowest BCUT2D eigenvalue weighted by Crippen LogP contribution is -2.43. The van der Waals surface area contributed by atoms with Crippen molar-refractivity contribution in [3.8, 4) is 118 Å². The number of aromatic nitrogens is 4. The van der Waals surface area contributed by atoms with Crippen LogP contribution in [0.2, 0.25) is 0 Å². The molecule has 0 N–H and O–H groups in total. The Morgan fingerprint density at radius 2 is 0.699 bits per heavy atom. The van der Waals surface area contributed by atoms with Gasteiger partial charge in [-0.15, -0.1) is 10.2 Å². The van der Waals surface area contributed by atoms with E-state index in [0.29, 0.717) is 18.2 Å². The Bertz CT molecular complexity index is 8280. The maximum atomic E-state index is 6.43. The minimum Gasteiger partial charge on any atom is -0.464 e. The summed E-state index contributed by atoms with van der Waals surface area (Å²) in [6.07, 6.45) is 3.19. The molecule has 0 atom stereocenters. The van der Waals surface area contributed by atoms with Gasteiger partial charge in [0.2, 0.25) is 11.8 Å². The van der Waals surface area contributed by atoms with E-state index in [4.69, 9.17) is 13.8 Å². The van der Waals surface area contributed by atoms with Crippen molar-refractivity contribution in [2.45, 2.75) is 73.0 Å². The number of rotatable bonds is 12. The van der Waals surface area contributed by atoms with Gasteiger partial charge < -0.3 is 8.83 Å². The van der Waals surface area contributed by atoms with Crippen LogP contribution in [0.1, 0.15) is 139 Å². The average Bonchev–Trinajstić information content (AvgIpc) is 1.53.